The van der Waals surface area contributed by atoms with Crippen molar-refractivity contribution in [3.8, 4) is 11.5 Å². The molecule has 0 saturated heterocycles. The van der Waals surface area contributed by atoms with E-state index in [-0.39, 0.29) is 0 Å². The number of fused-ring (bicyclic) bond motifs is 2. The Bertz CT molecular complexity index is 1100. The molecule has 0 fully saturated rings. The van der Waals surface area contributed by atoms with E-state index in [9.17, 15) is 0 Å². The molecule has 0 radical (unpaired) electrons. The lowest BCUT2D eigenvalue weighted by atomic mass is 10.3. The molecule has 0 bridgehead atoms. The largest absolute Gasteiger partial charge is 0.495 e. The van der Waals surface area contributed by atoms with Crippen molar-refractivity contribution in [2.24, 2.45) is 0 Å². The van der Waals surface area contributed by atoms with Gasteiger partial charge in [-0.3, -0.25) is 0 Å². The summed E-state index contributed by atoms with van der Waals surface area (Å²) in [7, 11) is 3.42. The van der Waals surface area contributed by atoms with Gasteiger partial charge in [-0.05, 0) is 37.1 Å². The topological polar surface area (TPSA) is 44.2 Å². The number of aryl methyl sites for hydroxylation is 2. The molecule has 2 aromatic carbocycles. The summed E-state index contributed by atoms with van der Waals surface area (Å²) < 4.78 is 13.8. The number of nitrogens with zero attached hydrogens (tertiary/aromatic N) is 2. The van der Waals surface area contributed by atoms with Crippen molar-refractivity contribution in [3.63, 3.8) is 0 Å². The molecule has 0 unspecified atom stereocenters. The number of ether oxygens (including phenoxy) is 2. The standard InChI is InChI=1S/C22H22Br2N2O2S3/c1-27-13-7-9-15-19(25-17(29-15)5-3-11-23)21(13)31-22-14(28-2)8-10-16-20(22)26-18(30-16)6-4-12-24/h7-10H,3-6,11-12H2,1-2H3. The summed E-state index contributed by atoms with van der Waals surface area (Å²) in [4.78, 5) is 12.0. The Morgan fingerprint density at radius 1 is 0.774 bits per heavy atom. The number of aromatic nitrogens is 2. The molecule has 0 aliphatic heterocycles. The van der Waals surface area contributed by atoms with Gasteiger partial charge in [0.05, 0.1) is 54.5 Å². The second-order valence-corrected chi connectivity index (χ2v) is 11.6. The van der Waals surface area contributed by atoms with Crippen molar-refractivity contribution >= 4 is 86.7 Å². The predicted octanol–water partition coefficient (Wildman–Crippen LogP) is 7.73. The van der Waals surface area contributed by atoms with Gasteiger partial charge in [0.15, 0.2) is 0 Å². The van der Waals surface area contributed by atoms with E-state index in [2.05, 4.69) is 44.0 Å². The number of rotatable bonds is 10. The number of hydrogen-bond acceptors (Lipinski definition) is 7. The lowest BCUT2D eigenvalue weighted by Crippen LogP contribution is -1.92. The first-order valence-electron chi connectivity index (χ1n) is 9.91. The minimum atomic E-state index is 0.823. The summed E-state index contributed by atoms with van der Waals surface area (Å²) in [6.07, 6.45) is 4.09. The van der Waals surface area contributed by atoms with Crippen molar-refractivity contribution in [1.82, 2.24) is 9.97 Å². The summed E-state index contributed by atoms with van der Waals surface area (Å²) in [5.74, 6) is 1.65. The van der Waals surface area contributed by atoms with E-state index < -0.39 is 0 Å². The van der Waals surface area contributed by atoms with Gasteiger partial charge >= 0.3 is 0 Å². The first-order valence-corrected chi connectivity index (χ1v) is 14.6. The first-order chi connectivity index (χ1) is 15.2. The zero-order chi connectivity index (χ0) is 21.8. The second kappa shape index (κ2) is 10.8. The van der Waals surface area contributed by atoms with Crippen LogP contribution < -0.4 is 9.47 Å². The Morgan fingerprint density at radius 3 is 1.61 bits per heavy atom. The lowest BCUT2D eigenvalue weighted by molar-refractivity contribution is 0.403. The number of thiazole rings is 2. The highest BCUT2D eigenvalue weighted by molar-refractivity contribution is 9.09. The highest BCUT2D eigenvalue weighted by Crippen LogP contribution is 2.47. The van der Waals surface area contributed by atoms with E-state index in [4.69, 9.17) is 19.4 Å². The fraction of sp³-hybridized carbons (Fsp3) is 0.364. The molecular formula is C22H22Br2N2O2S3. The fourth-order valence-electron chi connectivity index (χ4n) is 3.27. The normalized spacial score (nSPS) is 11.5. The maximum atomic E-state index is 5.73. The number of benzene rings is 2. The van der Waals surface area contributed by atoms with Gasteiger partial charge in [-0.2, -0.15) is 0 Å². The molecule has 164 valence electrons. The van der Waals surface area contributed by atoms with Crippen molar-refractivity contribution in [2.45, 2.75) is 35.5 Å². The van der Waals surface area contributed by atoms with Crippen LogP contribution in [0.4, 0.5) is 0 Å². The maximum Gasteiger partial charge on any atom is 0.135 e. The van der Waals surface area contributed by atoms with Crippen molar-refractivity contribution in [2.75, 3.05) is 24.9 Å². The van der Waals surface area contributed by atoms with Crippen LogP contribution in [0.25, 0.3) is 20.4 Å². The highest BCUT2D eigenvalue weighted by atomic mass is 79.9. The Balaban J connectivity index is 1.82. The Kier molecular flexibility index (Phi) is 8.14. The van der Waals surface area contributed by atoms with Crippen LogP contribution in [0.15, 0.2) is 34.1 Å². The van der Waals surface area contributed by atoms with Gasteiger partial charge in [-0.15, -0.1) is 22.7 Å². The van der Waals surface area contributed by atoms with Crippen molar-refractivity contribution < 1.29 is 9.47 Å². The van der Waals surface area contributed by atoms with Gasteiger partial charge in [0.1, 0.15) is 11.5 Å². The molecule has 0 aliphatic rings. The second-order valence-electron chi connectivity index (χ2n) is 6.79. The molecule has 0 atom stereocenters. The summed E-state index contributed by atoms with van der Waals surface area (Å²) in [5.41, 5.74) is 1.99. The van der Waals surface area contributed by atoms with Gasteiger partial charge in [0.25, 0.3) is 0 Å². The van der Waals surface area contributed by atoms with Crippen LogP contribution in [0.1, 0.15) is 22.9 Å². The lowest BCUT2D eigenvalue weighted by Gasteiger charge is -2.12. The van der Waals surface area contributed by atoms with Crippen LogP contribution in [0.5, 0.6) is 11.5 Å². The molecule has 0 saturated carbocycles. The minimum Gasteiger partial charge on any atom is -0.495 e. The predicted molar refractivity (Wildman–Crippen MR) is 141 cm³/mol. The Hall–Kier alpha value is -0.870. The molecule has 0 spiro atoms. The Labute approximate surface area is 211 Å². The Morgan fingerprint density at radius 2 is 1.23 bits per heavy atom. The van der Waals surface area contributed by atoms with E-state index in [0.717, 1.165) is 78.7 Å². The maximum absolute atomic E-state index is 5.73. The van der Waals surface area contributed by atoms with E-state index in [1.54, 1.807) is 48.7 Å². The molecule has 0 aliphatic carbocycles. The molecule has 4 rings (SSSR count). The fourth-order valence-corrected chi connectivity index (χ4v) is 7.20. The van der Waals surface area contributed by atoms with Gasteiger partial charge < -0.3 is 9.47 Å². The van der Waals surface area contributed by atoms with E-state index in [1.165, 1.54) is 9.40 Å². The number of hydrogen-bond donors (Lipinski definition) is 0. The molecule has 0 N–H and O–H groups in total. The average molecular weight is 602 g/mol. The average Bonchev–Trinajstić information content (AvgIpc) is 3.40. The van der Waals surface area contributed by atoms with Crippen LogP contribution in [0.3, 0.4) is 0 Å². The van der Waals surface area contributed by atoms with Crippen LogP contribution in [0, 0.1) is 0 Å². The molecule has 31 heavy (non-hydrogen) atoms. The zero-order valence-electron chi connectivity index (χ0n) is 17.2. The smallest absolute Gasteiger partial charge is 0.135 e. The SMILES string of the molecule is COc1ccc2sc(CCCBr)nc2c1Sc1c(OC)ccc2sc(CCCBr)nc12. The quantitative estimate of drug-likeness (QED) is 0.174. The van der Waals surface area contributed by atoms with Gasteiger partial charge in [-0.1, -0.05) is 43.6 Å². The summed E-state index contributed by atoms with van der Waals surface area (Å²) in [5, 5.41) is 4.27. The van der Waals surface area contributed by atoms with Gasteiger partial charge in [0, 0.05) is 23.5 Å². The number of methoxy groups -OCH3 is 2. The molecule has 0 amide bonds. The zero-order valence-corrected chi connectivity index (χ0v) is 22.9. The molecule has 4 aromatic rings. The number of halogens is 2. The van der Waals surface area contributed by atoms with Crippen LogP contribution in [0.2, 0.25) is 0 Å². The van der Waals surface area contributed by atoms with Crippen LogP contribution in [-0.2, 0) is 12.8 Å². The van der Waals surface area contributed by atoms with E-state index >= 15 is 0 Å². The third kappa shape index (κ3) is 5.05. The van der Waals surface area contributed by atoms with E-state index in [0.29, 0.717) is 0 Å². The van der Waals surface area contributed by atoms with E-state index in [1.807, 2.05) is 12.1 Å². The van der Waals surface area contributed by atoms with Crippen molar-refractivity contribution in [3.05, 3.63) is 34.3 Å². The third-order valence-corrected chi connectivity index (χ3v) is 9.22. The summed E-state index contributed by atoms with van der Waals surface area (Å²) >= 11 is 12.2. The summed E-state index contributed by atoms with van der Waals surface area (Å²) in [6.45, 7) is 0. The van der Waals surface area contributed by atoms with Gasteiger partial charge in [0.2, 0.25) is 0 Å². The third-order valence-electron chi connectivity index (χ3n) is 4.74. The molecule has 2 aromatic heterocycles. The molecule has 4 nitrogen and oxygen atoms in total. The monoisotopic (exact) mass is 600 g/mol. The highest BCUT2D eigenvalue weighted by Gasteiger charge is 2.20. The minimum absolute atomic E-state index is 0.823. The molecule has 2 heterocycles. The first kappa shape index (κ1) is 23.3. The van der Waals surface area contributed by atoms with Crippen LogP contribution in [-0.4, -0.2) is 34.8 Å². The van der Waals surface area contributed by atoms with Crippen LogP contribution >= 0.6 is 66.3 Å². The van der Waals surface area contributed by atoms with Crippen molar-refractivity contribution in [1.29, 1.82) is 0 Å². The molecular weight excluding hydrogens is 580 g/mol. The summed E-state index contributed by atoms with van der Waals surface area (Å²) in [6, 6.07) is 8.28. The molecule has 9 heteroatoms. The van der Waals surface area contributed by atoms with Gasteiger partial charge in [-0.25, -0.2) is 9.97 Å². The number of alkyl halides is 2.